The number of benzene rings is 3. The fourth-order valence-electron chi connectivity index (χ4n) is 4.00. The molecular formula is C29H38N2O6S2. The quantitative estimate of drug-likeness (QED) is 0.260. The maximum absolute atomic E-state index is 13.6. The van der Waals surface area contributed by atoms with Crippen molar-refractivity contribution in [2.45, 2.75) is 43.1 Å². The van der Waals surface area contributed by atoms with Gasteiger partial charge in [0.1, 0.15) is 0 Å². The van der Waals surface area contributed by atoms with Gasteiger partial charge in [-0.05, 0) is 56.5 Å². The molecule has 8 nitrogen and oxygen atoms in total. The second-order valence-electron chi connectivity index (χ2n) is 9.40. The minimum Gasteiger partial charge on any atom is -0.396 e. The van der Waals surface area contributed by atoms with Crippen LogP contribution < -0.4 is 0 Å². The zero-order valence-corrected chi connectivity index (χ0v) is 24.2. The predicted molar refractivity (Wildman–Crippen MR) is 152 cm³/mol. The average Bonchev–Trinajstić information content (AvgIpc) is 2.92. The van der Waals surface area contributed by atoms with Crippen molar-refractivity contribution in [2.24, 2.45) is 0 Å². The van der Waals surface area contributed by atoms with Crippen molar-refractivity contribution < 1.29 is 26.7 Å². The van der Waals surface area contributed by atoms with Gasteiger partial charge in [0, 0.05) is 39.4 Å². The molecule has 0 aliphatic carbocycles. The van der Waals surface area contributed by atoms with Gasteiger partial charge in [0.2, 0.25) is 20.0 Å². The van der Waals surface area contributed by atoms with Crippen LogP contribution >= 0.6 is 0 Å². The highest BCUT2D eigenvalue weighted by atomic mass is 32.2. The molecule has 0 heterocycles. The predicted octanol–water partition coefficient (Wildman–Crippen LogP) is 3.97. The first kappa shape index (κ1) is 30.9. The van der Waals surface area contributed by atoms with Gasteiger partial charge in [-0.1, -0.05) is 65.7 Å². The summed E-state index contributed by atoms with van der Waals surface area (Å²) in [5.74, 6) is 0. The largest absolute Gasteiger partial charge is 0.396 e. The molecule has 10 heteroatoms. The number of aliphatic hydroxyl groups excluding tert-OH is 1. The van der Waals surface area contributed by atoms with Crippen LogP contribution in [0.25, 0.3) is 0 Å². The van der Waals surface area contributed by atoms with Crippen LogP contribution in [0.2, 0.25) is 0 Å². The summed E-state index contributed by atoms with van der Waals surface area (Å²) < 4.78 is 62.3. The summed E-state index contributed by atoms with van der Waals surface area (Å²) in [7, 11) is -7.77. The lowest BCUT2D eigenvalue weighted by Crippen LogP contribution is -2.42. The Balaban J connectivity index is 1.76. The molecule has 0 amide bonds. The van der Waals surface area contributed by atoms with E-state index in [9.17, 15) is 21.9 Å². The highest BCUT2D eigenvalue weighted by Gasteiger charge is 2.28. The molecule has 0 saturated heterocycles. The third-order valence-electron chi connectivity index (χ3n) is 6.29. The molecule has 1 N–H and O–H groups in total. The maximum atomic E-state index is 13.6. The number of ether oxygens (including phenoxy) is 1. The van der Waals surface area contributed by atoms with E-state index in [0.29, 0.717) is 19.6 Å². The summed E-state index contributed by atoms with van der Waals surface area (Å²) in [6, 6.07) is 22.9. The van der Waals surface area contributed by atoms with Crippen LogP contribution in [-0.4, -0.2) is 69.9 Å². The zero-order chi connectivity index (χ0) is 28.3. The Kier molecular flexibility index (Phi) is 11.7. The third kappa shape index (κ3) is 8.96. The van der Waals surface area contributed by atoms with Crippen molar-refractivity contribution in [3.63, 3.8) is 0 Å². The van der Waals surface area contributed by atoms with Crippen molar-refractivity contribution in [1.82, 2.24) is 8.61 Å². The first-order valence-corrected chi connectivity index (χ1v) is 15.9. The Morgan fingerprint density at radius 2 is 1.10 bits per heavy atom. The van der Waals surface area contributed by atoms with Crippen LogP contribution in [0.5, 0.6) is 0 Å². The van der Waals surface area contributed by atoms with Crippen LogP contribution in [-0.2, 0) is 31.4 Å². The normalized spacial score (nSPS) is 12.3. The van der Waals surface area contributed by atoms with E-state index in [4.69, 9.17) is 4.74 Å². The molecule has 0 bridgehead atoms. The Bertz CT molecular complexity index is 1360. The van der Waals surface area contributed by atoms with Gasteiger partial charge in [0.15, 0.2) is 0 Å². The van der Waals surface area contributed by atoms with Crippen LogP contribution in [0.3, 0.4) is 0 Å². The topological polar surface area (TPSA) is 104 Å². The van der Waals surface area contributed by atoms with E-state index in [0.717, 1.165) is 16.7 Å². The summed E-state index contributed by atoms with van der Waals surface area (Å²) in [6.07, 6.45) is 0.683. The van der Waals surface area contributed by atoms with Gasteiger partial charge >= 0.3 is 0 Å². The molecule has 0 saturated carbocycles. The second kappa shape index (κ2) is 14.7. The van der Waals surface area contributed by atoms with Crippen LogP contribution in [0.4, 0.5) is 0 Å². The molecular weight excluding hydrogens is 536 g/mol. The lowest BCUT2D eigenvalue weighted by atomic mass is 10.2. The number of sulfonamides is 2. The van der Waals surface area contributed by atoms with Crippen molar-refractivity contribution >= 4 is 20.0 Å². The Hall–Kier alpha value is -2.60. The summed E-state index contributed by atoms with van der Waals surface area (Å²) in [6.45, 7) is 4.51. The molecule has 3 rings (SSSR count). The van der Waals surface area contributed by atoms with Crippen molar-refractivity contribution in [2.75, 3.05) is 39.4 Å². The minimum atomic E-state index is -3.89. The van der Waals surface area contributed by atoms with E-state index < -0.39 is 20.0 Å². The summed E-state index contributed by atoms with van der Waals surface area (Å²) >= 11 is 0. The van der Waals surface area contributed by atoms with Crippen molar-refractivity contribution in [1.29, 1.82) is 0 Å². The van der Waals surface area contributed by atoms with Crippen molar-refractivity contribution in [3.8, 4) is 0 Å². The SMILES string of the molecule is Cc1ccc(S(=O)(=O)N(CCCO)CCN(CCCOCc2ccccc2)S(=O)(=O)c2ccc(C)cc2)cc1. The first-order chi connectivity index (χ1) is 18.6. The fourth-order valence-corrected chi connectivity index (χ4v) is 6.94. The van der Waals surface area contributed by atoms with Gasteiger partial charge in [-0.3, -0.25) is 0 Å². The molecule has 0 spiro atoms. The van der Waals surface area contributed by atoms with Crippen LogP contribution in [0.15, 0.2) is 88.7 Å². The van der Waals surface area contributed by atoms with E-state index in [2.05, 4.69) is 0 Å². The Morgan fingerprint density at radius 3 is 1.56 bits per heavy atom. The van der Waals surface area contributed by atoms with Crippen LogP contribution in [0.1, 0.15) is 29.5 Å². The average molecular weight is 575 g/mol. The maximum Gasteiger partial charge on any atom is 0.243 e. The third-order valence-corrected chi connectivity index (χ3v) is 10.1. The summed E-state index contributed by atoms with van der Waals surface area (Å²) in [4.78, 5) is 0.287. The van der Waals surface area contributed by atoms with Gasteiger partial charge in [0.25, 0.3) is 0 Å². The molecule has 212 valence electrons. The highest BCUT2D eigenvalue weighted by molar-refractivity contribution is 7.89. The highest BCUT2D eigenvalue weighted by Crippen LogP contribution is 2.20. The van der Waals surface area contributed by atoms with Crippen molar-refractivity contribution in [3.05, 3.63) is 95.6 Å². The monoisotopic (exact) mass is 574 g/mol. The zero-order valence-electron chi connectivity index (χ0n) is 22.6. The number of rotatable bonds is 16. The minimum absolute atomic E-state index is 0.0363. The lowest BCUT2D eigenvalue weighted by molar-refractivity contribution is 0.114. The van der Waals surface area contributed by atoms with Gasteiger partial charge < -0.3 is 9.84 Å². The van der Waals surface area contributed by atoms with E-state index in [1.807, 2.05) is 44.2 Å². The number of aryl methyl sites for hydroxylation is 2. The lowest BCUT2D eigenvalue weighted by Gasteiger charge is -2.27. The molecule has 0 unspecified atom stereocenters. The molecule has 39 heavy (non-hydrogen) atoms. The standard InChI is InChI=1S/C29H38N2O6S2/c1-25-10-14-28(15-11-25)38(33,34)30(18-6-22-32)20-21-31(39(35,36)29-16-12-26(2)13-17-29)19-7-23-37-24-27-8-4-3-5-9-27/h3-5,8-17,32H,6-7,18-24H2,1-2H3. The molecule has 0 atom stereocenters. The molecule has 0 aliphatic rings. The number of hydrogen-bond acceptors (Lipinski definition) is 6. The van der Waals surface area contributed by atoms with E-state index >= 15 is 0 Å². The van der Waals surface area contributed by atoms with E-state index in [-0.39, 0.29) is 49.0 Å². The molecule has 0 aliphatic heterocycles. The molecule has 0 fully saturated rings. The molecule has 3 aromatic carbocycles. The number of nitrogens with zero attached hydrogens (tertiary/aromatic N) is 2. The summed E-state index contributed by atoms with van der Waals surface area (Å²) in [5.41, 5.74) is 2.90. The van der Waals surface area contributed by atoms with Gasteiger partial charge in [-0.2, -0.15) is 8.61 Å². The molecule has 0 radical (unpaired) electrons. The Labute approximate surface area is 233 Å². The van der Waals surface area contributed by atoms with E-state index in [1.165, 1.54) is 8.61 Å². The van der Waals surface area contributed by atoms with Gasteiger partial charge in [0.05, 0.1) is 16.4 Å². The summed E-state index contributed by atoms with van der Waals surface area (Å²) in [5, 5.41) is 9.37. The number of aliphatic hydroxyl groups is 1. The smallest absolute Gasteiger partial charge is 0.243 e. The molecule has 3 aromatic rings. The second-order valence-corrected chi connectivity index (χ2v) is 13.3. The van der Waals surface area contributed by atoms with Gasteiger partial charge in [-0.25, -0.2) is 16.8 Å². The van der Waals surface area contributed by atoms with Gasteiger partial charge in [-0.15, -0.1) is 0 Å². The fraction of sp³-hybridized carbons (Fsp3) is 0.379. The van der Waals surface area contributed by atoms with Crippen LogP contribution in [0, 0.1) is 13.8 Å². The first-order valence-electron chi connectivity index (χ1n) is 13.0. The van der Waals surface area contributed by atoms with E-state index in [1.54, 1.807) is 48.5 Å². The number of hydrogen-bond donors (Lipinski definition) is 1. The molecule has 0 aromatic heterocycles. The Morgan fingerprint density at radius 1 is 0.641 bits per heavy atom.